The zero-order chi connectivity index (χ0) is 14.5. The highest BCUT2D eigenvalue weighted by Gasteiger charge is 2.19. The van der Waals surface area contributed by atoms with Crippen LogP contribution < -0.4 is 5.73 Å². The molecule has 0 saturated carbocycles. The Kier molecular flexibility index (Phi) is 5.20. The highest BCUT2D eigenvalue weighted by Crippen LogP contribution is 2.16. The number of nitrogens with zero attached hydrogens (tertiary/aromatic N) is 3. The van der Waals surface area contributed by atoms with Crippen molar-refractivity contribution in [3.63, 3.8) is 0 Å². The van der Waals surface area contributed by atoms with Crippen LogP contribution in [0.1, 0.15) is 31.4 Å². The molecule has 0 aromatic carbocycles. The molecule has 1 aromatic heterocycles. The molecule has 1 aromatic rings. The quantitative estimate of drug-likeness (QED) is 0.876. The molecule has 20 heavy (non-hydrogen) atoms. The van der Waals surface area contributed by atoms with Gasteiger partial charge in [-0.15, -0.1) is 0 Å². The lowest BCUT2D eigenvalue weighted by atomic mass is 10.1. The van der Waals surface area contributed by atoms with Gasteiger partial charge < -0.3 is 20.1 Å². The van der Waals surface area contributed by atoms with E-state index in [1.165, 1.54) is 0 Å². The zero-order valence-electron chi connectivity index (χ0n) is 12.6. The van der Waals surface area contributed by atoms with Crippen LogP contribution >= 0.6 is 0 Å². The predicted octanol–water partition coefficient (Wildman–Crippen LogP) is 1.06. The summed E-state index contributed by atoms with van der Waals surface area (Å²) < 4.78 is 1.95. The summed E-state index contributed by atoms with van der Waals surface area (Å²) in [6, 6.07) is 2.11. The topological polar surface area (TPSA) is 54.5 Å². The number of aromatic nitrogens is 1. The van der Waals surface area contributed by atoms with Gasteiger partial charge in [-0.1, -0.05) is 13.3 Å². The molecular weight excluding hydrogens is 252 g/mol. The van der Waals surface area contributed by atoms with Gasteiger partial charge in [0.05, 0.1) is 0 Å². The van der Waals surface area contributed by atoms with Crippen LogP contribution in [0.25, 0.3) is 0 Å². The van der Waals surface area contributed by atoms with Crippen molar-refractivity contribution in [1.29, 1.82) is 0 Å². The van der Waals surface area contributed by atoms with E-state index in [0.717, 1.165) is 44.6 Å². The van der Waals surface area contributed by atoms with Gasteiger partial charge in [0.25, 0.3) is 0 Å². The Morgan fingerprint density at radius 2 is 2.05 bits per heavy atom. The minimum Gasteiger partial charge on any atom is -0.345 e. The lowest BCUT2D eigenvalue weighted by Crippen LogP contribution is -2.48. The van der Waals surface area contributed by atoms with Crippen LogP contribution in [-0.4, -0.2) is 53.5 Å². The van der Waals surface area contributed by atoms with Gasteiger partial charge in [-0.05, 0) is 25.1 Å². The van der Waals surface area contributed by atoms with Gasteiger partial charge in [0.15, 0.2) is 0 Å². The third-order valence-electron chi connectivity index (χ3n) is 3.98. The van der Waals surface area contributed by atoms with Crippen molar-refractivity contribution in [2.75, 3.05) is 33.2 Å². The molecule has 5 heteroatoms. The van der Waals surface area contributed by atoms with Gasteiger partial charge in [0.1, 0.15) is 6.54 Å². The van der Waals surface area contributed by atoms with Crippen molar-refractivity contribution < 1.29 is 4.79 Å². The number of rotatable bonds is 5. The van der Waals surface area contributed by atoms with Crippen LogP contribution in [-0.2, 0) is 11.3 Å². The number of hydrogen-bond donors (Lipinski definition) is 1. The van der Waals surface area contributed by atoms with Crippen molar-refractivity contribution in [3.8, 4) is 0 Å². The molecule has 0 spiro atoms. The molecule has 1 unspecified atom stereocenters. The lowest BCUT2D eigenvalue weighted by molar-refractivity contribution is -0.133. The average Bonchev–Trinajstić information content (AvgIpc) is 2.88. The monoisotopic (exact) mass is 278 g/mol. The molecular formula is C15H26N4O. The SMILES string of the molecule is CCCC(N)c1ccn(CC(=O)N2CCN(C)CC2)c1. The summed E-state index contributed by atoms with van der Waals surface area (Å²) in [6.45, 7) is 6.14. The van der Waals surface area contributed by atoms with E-state index in [-0.39, 0.29) is 11.9 Å². The van der Waals surface area contributed by atoms with Crippen molar-refractivity contribution in [2.24, 2.45) is 5.73 Å². The summed E-state index contributed by atoms with van der Waals surface area (Å²) in [5, 5.41) is 0. The Bertz CT molecular complexity index is 435. The molecule has 2 rings (SSSR count). The number of carbonyl (C=O) groups excluding carboxylic acids is 1. The van der Waals surface area contributed by atoms with Crippen molar-refractivity contribution in [3.05, 3.63) is 24.0 Å². The summed E-state index contributed by atoms with van der Waals surface area (Å²) in [7, 11) is 2.09. The average molecular weight is 278 g/mol. The molecule has 1 saturated heterocycles. The third kappa shape index (κ3) is 3.84. The first-order valence-electron chi connectivity index (χ1n) is 7.47. The molecule has 5 nitrogen and oxygen atoms in total. The summed E-state index contributed by atoms with van der Waals surface area (Å²) in [5.41, 5.74) is 7.22. The smallest absolute Gasteiger partial charge is 0.242 e. The maximum Gasteiger partial charge on any atom is 0.242 e. The van der Waals surface area contributed by atoms with Crippen LogP contribution in [0.15, 0.2) is 18.5 Å². The number of likely N-dealkylation sites (N-methyl/N-ethyl adjacent to an activating group) is 1. The number of carbonyl (C=O) groups is 1. The second kappa shape index (κ2) is 6.90. The molecule has 1 aliphatic heterocycles. The van der Waals surface area contributed by atoms with E-state index in [1.807, 2.05) is 27.9 Å². The highest BCUT2D eigenvalue weighted by atomic mass is 16.2. The summed E-state index contributed by atoms with van der Waals surface area (Å²) in [6.07, 6.45) is 6.02. The van der Waals surface area contributed by atoms with E-state index in [2.05, 4.69) is 18.9 Å². The largest absolute Gasteiger partial charge is 0.345 e. The first-order valence-corrected chi connectivity index (χ1v) is 7.47. The zero-order valence-corrected chi connectivity index (χ0v) is 12.6. The Labute approximate surface area is 121 Å². The second-order valence-electron chi connectivity index (χ2n) is 5.70. The Morgan fingerprint density at radius 1 is 1.35 bits per heavy atom. The second-order valence-corrected chi connectivity index (χ2v) is 5.70. The molecule has 2 N–H and O–H groups in total. The molecule has 0 bridgehead atoms. The minimum absolute atomic E-state index is 0.0833. The van der Waals surface area contributed by atoms with Crippen molar-refractivity contribution in [2.45, 2.75) is 32.4 Å². The molecule has 1 atom stereocenters. The van der Waals surface area contributed by atoms with Gasteiger partial charge in [-0.2, -0.15) is 0 Å². The maximum atomic E-state index is 12.2. The summed E-state index contributed by atoms with van der Waals surface area (Å²) in [4.78, 5) is 16.4. The normalized spacial score (nSPS) is 18.2. The number of nitrogens with two attached hydrogens (primary N) is 1. The Morgan fingerprint density at radius 3 is 2.70 bits per heavy atom. The van der Waals surface area contributed by atoms with Crippen LogP contribution in [0.5, 0.6) is 0 Å². The van der Waals surface area contributed by atoms with Crippen LogP contribution in [0.4, 0.5) is 0 Å². The maximum absolute atomic E-state index is 12.2. The fourth-order valence-electron chi connectivity index (χ4n) is 2.57. The molecule has 2 heterocycles. The van der Waals surface area contributed by atoms with Gasteiger partial charge in [0, 0.05) is 44.6 Å². The Hall–Kier alpha value is -1.33. The Balaban J connectivity index is 1.88. The van der Waals surface area contributed by atoms with Crippen LogP contribution in [0.2, 0.25) is 0 Å². The van der Waals surface area contributed by atoms with E-state index in [9.17, 15) is 4.79 Å². The minimum atomic E-state index is 0.0833. The van der Waals surface area contributed by atoms with Gasteiger partial charge in [-0.25, -0.2) is 0 Å². The number of amides is 1. The van der Waals surface area contributed by atoms with Crippen molar-refractivity contribution in [1.82, 2.24) is 14.4 Å². The molecule has 1 aliphatic rings. The van der Waals surface area contributed by atoms with Crippen LogP contribution in [0, 0.1) is 0 Å². The lowest BCUT2D eigenvalue weighted by Gasteiger charge is -2.32. The van der Waals surface area contributed by atoms with Crippen molar-refractivity contribution >= 4 is 5.91 Å². The molecule has 112 valence electrons. The highest BCUT2D eigenvalue weighted by molar-refractivity contribution is 5.76. The van der Waals surface area contributed by atoms with Crippen LogP contribution in [0.3, 0.4) is 0 Å². The molecule has 0 aliphatic carbocycles. The molecule has 1 amide bonds. The number of hydrogen-bond acceptors (Lipinski definition) is 3. The first-order chi connectivity index (χ1) is 9.60. The first kappa shape index (κ1) is 15.1. The van der Waals surface area contributed by atoms with E-state index in [4.69, 9.17) is 5.73 Å². The third-order valence-corrected chi connectivity index (χ3v) is 3.98. The summed E-state index contributed by atoms with van der Waals surface area (Å²) in [5.74, 6) is 0.198. The fourth-order valence-corrected chi connectivity index (χ4v) is 2.57. The van der Waals surface area contributed by atoms with E-state index >= 15 is 0 Å². The summed E-state index contributed by atoms with van der Waals surface area (Å²) >= 11 is 0. The van der Waals surface area contributed by atoms with E-state index in [1.54, 1.807) is 0 Å². The molecule has 0 radical (unpaired) electrons. The van der Waals surface area contributed by atoms with E-state index < -0.39 is 0 Å². The molecule has 1 fully saturated rings. The van der Waals surface area contributed by atoms with E-state index in [0.29, 0.717) is 6.54 Å². The van der Waals surface area contributed by atoms with Gasteiger partial charge in [0.2, 0.25) is 5.91 Å². The van der Waals surface area contributed by atoms with Gasteiger partial charge in [-0.3, -0.25) is 4.79 Å². The fraction of sp³-hybridized carbons (Fsp3) is 0.667. The van der Waals surface area contributed by atoms with Gasteiger partial charge >= 0.3 is 0 Å². The number of piperazine rings is 1. The standard InChI is InChI=1S/C15H26N4O/c1-3-4-14(16)13-5-6-18(11-13)12-15(20)19-9-7-17(2)8-10-19/h5-6,11,14H,3-4,7-10,12,16H2,1-2H3. The predicted molar refractivity (Wildman–Crippen MR) is 80.3 cm³/mol.